The molecule has 1 aromatic heterocycles. The first-order valence-corrected chi connectivity index (χ1v) is 10.2. The minimum atomic E-state index is -0.126. The lowest BCUT2D eigenvalue weighted by Gasteiger charge is -2.16. The van der Waals surface area contributed by atoms with Crippen LogP contribution in [0.4, 0.5) is 0 Å². The average Bonchev–Trinajstić information content (AvgIpc) is 3.13. The molecule has 1 saturated heterocycles. The molecule has 0 saturated carbocycles. The number of carbonyl (C=O) groups excluding carboxylic acids is 1. The quantitative estimate of drug-likeness (QED) is 0.576. The third kappa shape index (κ3) is 4.58. The van der Waals surface area contributed by atoms with Crippen LogP contribution in [-0.2, 0) is 16.1 Å². The standard InChI is InChI=1S/C18H22ClN3O3S/c1-2-7-20-16(23)11-26-18-21-15-9-12(19)5-6-14(15)17(24)22(18)10-13-4-3-8-25-13/h5-6,9,13H,2-4,7-8,10-11H2,1H3,(H,20,23). The molecule has 8 heteroatoms. The van der Waals surface area contributed by atoms with E-state index in [9.17, 15) is 9.59 Å². The summed E-state index contributed by atoms with van der Waals surface area (Å²) in [6.45, 7) is 3.81. The summed E-state index contributed by atoms with van der Waals surface area (Å²) in [4.78, 5) is 29.5. The fourth-order valence-corrected chi connectivity index (χ4v) is 3.89. The lowest BCUT2D eigenvalue weighted by molar-refractivity contribution is -0.118. The van der Waals surface area contributed by atoms with E-state index in [0.29, 0.717) is 34.2 Å². The summed E-state index contributed by atoms with van der Waals surface area (Å²) in [7, 11) is 0. The molecule has 1 aromatic carbocycles. The monoisotopic (exact) mass is 395 g/mol. The van der Waals surface area contributed by atoms with Gasteiger partial charge in [-0.25, -0.2) is 4.98 Å². The minimum Gasteiger partial charge on any atom is -0.376 e. The Morgan fingerprint density at radius 1 is 1.50 bits per heavy atom. The van der Waals surface area contributed by atoms with Crippen LogP contribution in [0, 0.1) is 0 Å². The van der Waals surface area contributed by atoms with Crippen molar-refractivity contribution in [3.05, 3.63) is 33.6 Å². The summed E-state index contributed by atoms with van der Waals surface area (Å²) >= 11 is 7.31. The van der Waals surface area contributed by atoms with Gasteiger partial charge < -0.3 is 10.1 Å². The van der Waals surface area contributed by atoms with E-state index in [1.807, 2.05) is 6.92 Å². The van der Waals surface area contributed by atoms with Crippen molar-refractivity contribution in [1.82, 2.24) is 14.9 Å². The number of rotatable bonds is 7. The highest BCUT2D eigenvalue weighted by Gasteiger charge is 2.20. The second kappa shape index (κ2) is 8.88. The second-order valence-corrected chi connectivity index (χ2v) is 7.62. The fraction of sp³-hybridized carbons (Fsp3) is 0.500. The number of amides is 1. The first kappa shape index (κ1) is 19.2. The molecule has 1 aliphatic heterocycles. The third-order valence-electron chi connectivity index (χ3n) is 4.20. The van der Waals surface area contributed by atoms with E-state index in [1.165, 1.54) is 11.8 Å². The first-order valence-electron chi connectivity index (χ1n) is 8.79. The molecule has 0 radical (unpaired) electrons. The molecule has 1 aliphatic rings. The Morgan fingerprint density at radius 2 is 2.35 bits per heavy atom. The molecule has 1 amide bonds. The summed E-state index contributed by atoms with van der Waals surface area (Å²) in [5.41, 5.74) is 0.418. The maximum Gasteiger partial charge on any atom is 0.262 e. The van der Waals surface area contributed by atoms with Crippen LogP contribution in [0.5, 0.6) is 0 Å². The van der Waals surface area contributed by atoms with Gasteiger partial charge in [0.2, 0.25) is 5.91 Å². The van der Waals surface area contributed by atoms with Crippen LogP contribution in [0.15, 0.2) is 28.2 Å². The Kier molecular flexibility index (Phi) is 6.56. The number of nitrogens with zero attached hydrogens (tertiary/aromatic N) is 2. The SMILES string of the molecule is CCCNC(=O)CSc1nc2cc(Cl)ccc2c(=O)n1CC1CCCO1. The van der Waals surface area contributed by atoms with Crippen molar-refractivity contribution in [2.45, 2.75) is 44.0 Å². The van der Waals surface area contributed by atoms with Gasteiger partial charge in [-0.15, -0.1) is 0 Å². The maximum atomic E-state index is 13.0. The summed E-state index contributed by atoms with van der Waals surface area (Å²) < 4.78 is 7.31. The largest absolute Gasteiger partial charge is 0.376 e. The Balaban J connectivity index is 1.91. The molecule has 1 atom stereocenters. The molecular formula is C18H22ClN3O3S. The van der Waals surface area contributed by atoms with Crippen LogP contribution in [0.25, 0.3) is 10.9 Å². The van der Waals surface area contributed by atoms with Crippen molar-refractivity contribution in [3.63, 3.8) is 0 Å². The fourth-order valence-electron chi connectivity index (χ4n) is 2.88. The number of hydrogen-bond donors (Lipinski definition) is 1. The molecule has 1 unspecified atom stereocenters. The minimum absolute atomic E-state index is 0.00696. The number of thioether (sulfide) groups is 1. The van der Waals surface area contributed by atoms with E-state index in [1.54, 1.807) is 22.8 Å². The van der Waals surface area contributed by atoms with Gasteiger partial charge in [0, 0.05) is 18.2 Å². The Bertz CT molecular complexity index is 849. The van der Waals surface area contributed by atoms with E-state index in [-0.39, 0.29) is 23.3 Å². The number of benzene rings is 1. The molecule has 140 valence electrons. The highest BCUT2D eigenvalue weighted by Crippen LogP contribution is 2.22. The van der Waals surface area contributed by atoms with Crippen LogP contribution >= 0.6 is 23.4 Å². The molecular weight excluding hydrogens is 374 g/mol. The smallest absolute Gasteiger partial charge is 0.262 e. The molecule has 2 heterocycles. The van der Waals surface area contributed by atoms with Gasteiger partial charge in [-0.05, 0) is 37.5 Å². The van der Waals surface area contributed by atoms with Crippen LogP contribution in [0.3, 0.4) is 0 Å². The Labute approximate surface area is 161 Å². The maximum absolute atomic E-state index is 13.0. The zero-order valence-corrected chi connectivity index (χ0v) is 16.2. The van der Waals surface area contributed by atoms with Crippen molar-refractivity contribution in [1.29, 1.82) is 0 Å². The van der Waals surface area contributed by atoms with Gasteiger partial charge in [-0.2, -0.15) is 0 Å². The highest BCUT2D eigenvalue weighted by molar-refractivity contribution is 7.99. The lowest BCUT2D eigenvalue weighted by atomic mass is 10.2. The summed E-state index contributed by atoms with van der Waals surface area (Å²) in [6.07, 6.45) is 2.81. The number of carbonyl (C=O) groups is 1. The zero-order chi connectivity index (χ0) is 18.5. The number of ether oxygens (including phenoxy) is 1. The van der Waals surface area contributed by atoms with Gasteiger partial charge >= 0.3 is 0 Å². The van der Waals surface area contributed by atoms with Gasteiger partial charge in [0.1, 0.15) is 0 Å². The van der Waals surface area contributed by atoms with E-state index in [2.05, 4.69) is 10.3 Å². The number of hydrogen-bond acceptors (Lipinski definition) is 5. The van der Waals surface area contributed by atoms with Gasteiger partial charge in [0.25, 0.3) is 5.56 Å². The van der Waals surface area contributed by atoms with Gasteiger partial charge in [-0.1, -0.05) is 30.3 Å². The molecule has 1 fully saturated rings. The molecule has 2 aromatic rings. The van der Waals surface area contributed by atoms with Crippen molar-refractivity contribution in [2.24, 2.45) is 0 Å². The Hall–Kier alpha value is -1.57. The van der Waals surface area contributed by atoms with E-state index >= 15 is 0 Å². The van der Waals surface area contributed by atoms with E-state index in [4.69, 9.17) is 16.3 Å². The lowest BCUT2D eigenvalue weighted by Crippen LogP contribution is -2.30. The number of halogens is 1. The van der Waals surface area contributed by atoms with Gasteiger partial charge in [-0.3, -0.25) is 14.2 Å². The summed E-state index contributed by atoms with van der Waals surface area (Å²) in [5.74, 6) is 0.144. The van der Waals surface area contributed by atoms with Crippen molar-refractivity contribution < 1.29 is 9.53 Å². The van der Waals surface area contributed by atoms with Gasteiger partial charge in [0.15, 0.2) is 5.16 Å². The summed E-state index contributed by atoms with van der Waals surface area (Å²) in [5, 5.41) is 4.40. The average molecular weight is 396 g/mol. The molecule has 3 rings (SSSR count). The summed E-state index contributed by atoms with van der Waals surface area (Å²) in [6, 6.07) is 5.06. The molecule has 0 aliphatic carbocycles. The van der Waals surface area contributed by atoms with Crippen molar-refractivity contribution in [2.75, 3.05) is 18.9 Å². The Morgan fingerprint density at radius 3 is 3.08 bits per heavy atom. The number of nitrogens with one attached hydrogen (secondary N) is 1. The number of fused-ring (bicyclic) bond motifs is 1. The predicted octanol–water partition coefficient (Wildman–Crippen LogP) is 2.85. The van der Waals surface area contributed by atoms with Crippen LogP contribution in [0.2, 0.25) is 5.02 Å². The normalized spacial score (nSPS) is 16.9. The molecule has 6 nitrogen and oxygen atoms in total. The molecule has 1 N–H and O–H groups in total. The van der Waals surface area contributed by atoms with E-state index < -0.39 is 0 Å². The predicted molar refractivity (Wildman–Crippen MR) is 104 cm³/mol. The van der Waals surface area contributed by atoms with Crippen molar-refractivity contribution >= 4 is 40.2 Å². The molecule has 0 bridgehead atoms. The first-order chi connectivity index (χ1) is 12.6. The molecule has 26 heavy (non-hydrogen) atoms. The van der Waals surface area contributed by atoms with Crippen molar-refractivity contribution in [3.8, 4) is 0 Å². The van der Waals surface area contributed by atoms with Crippen LogP contribution in [-0.4, -0.2) is 40.5 Å². The van der Waals surface area contributed by atoms with E-state index in [0.717, 1.165) is 25.9 Å². The van der Waals surface area contributed by atoms with Crippen LogP contribution in [0.1, 0.15) is 26.2 Å². The van der Waals surface area contributed by atoms with Crippen LogP contribution < -0.4 is 10.9 Å². The highest BCUT2D eigenvalue weighted by atomic mass is 35.5. The zero-order valence-electron chi connectivity index (χ0n) is 14.7. The third-order valence-corrected chi connectivity index (χ3v) is 5.41. The number of aromatic nitrogens is 2. The second-order valence-electron chi connectivity index (χ2n) is 6.25. The van der Waals surface area contributed by atoms with Gasteiger partial charge in [0.05, 0.1) is 29.3 Å². The molecule has 0 spiro atoms. The topological polar surface area (TPSA) is 73.2 Å².